The number of halogens is 1. The fourth-order valence-electron chi connectivity index (χ4n) is 2.68. The maximum Gasteiger partial charge on any atom is 0.327 e. The van der Waals surface area contributed by atoms with Crippen LogP contribution in [0.15, 0.2) is 18.2 Å². The third kappa shape index (κ3) is 2.64. The van der Waals surface area contributed by atoms with Crippen LogP contribution in [0.2, 0.25) is 0 Å². The van der Waals surface area contributed by atoms with Crippen molar-refractivity contribution in [1.29, 1.82) is 0 Å². The fraction of sp³-hybridized carbons (Fsp3) is 0.467. The summed E-state index contributed by atoms with van der Waals surface area (Å²) < 4.78 is 13.4. The van der Waals surface area contributed by atoms with E-state index in [9.17, 15) is 19.1 Å². The molecule has 21 heavy (non-hydrogen) atoms. The van der Waals surface area contributed by atoms with Gasteiger partial charge in [-0.1, -0.05) is 6.07 Å². The molecular formula is C15H16FNO3S. The molecule has 1 amide bonds. The van der Waals surface area contributed by atoms with E-state index < -0.39 is 17.8 Å². The van der Waals surface area contributed by atoms with E-state index in [-0.39, 0.29) is 16.8 Å². The van der Waals surface area contributed by atoms with Crippen molar-refractivity contribution in [2.24, 2.45) is 5.92 Å². The van der Waals surface area contributed by atoms with Crippen molar-refractivity contribution in [2.75, 3.05) is 5.75 Å². The monoisotopic (exact) mass is 309 g/mol. The summed E-state index contributed by atoms with van der Waals surface area (Å²) in [4.78, 5) is 25.6. The van der Waals surface area contributed by atoms with Gasteiger partial charge in [0.1, 0.15) is 11.9 Å². The Balaban J connectivity index is 1.95. The van der Waals surface area contributed by atoms with Crippen LogP contribution >= 0.6 is 11.8 Å². The summed E-state index contributed by atoms with van der Waals surface area (Å²) in [6.07, 6.45) is 2.05. The van der Waals surface area contributed by atoms with Crippen molar-refractivity contribution in [1.82, 2.24) is 4.90 Å². The molecule has 4 nitrogen and oxygen atoms in total. The Hall–Kier alpha value is -1.56. The van der Waals surface area contributed by atoms with Crippen LogP contribution < -0.4 is 0 Å². The molecule has 2 fully saturated rings. The van der Waals surface area contributed by atoms with Gasteiger partial charge in [-0.2, -0.15) is 0 Å². The number of carbonyl (C=O) groups is 2. The Morgan fingerprint density at radius 1 is 1.38 bits per heavy atom. The first-order valence-electron chi connectivity index (χ1n) is 6.92. The first-order valence-corrected chi connectivity index (χ1v) is 7.97. The number of aryl methyl sites for hydroxylation is 1. The molecule has 0 aromatic heterocycles. The molecule has 1 saturated heterocycles. The van der Waals surface area contributed by atoms with Crippen molar-refractivity contribution in [3.05, 3.63) is 35.1 Å². The molecular weight excluding hydrogens is 293 g/mol. The predicted octanol–water partition coefficient (Wildman–Crippen LogP) is 2.51. The summed E-state index contributed by atoms with van der Waals surface area (Å²) >= 11 is 1.52. The number of thioether (sulfide) groups is 1. The first-order chi connectivity index (χ1) is 9.99. The van der Waals surface area contributed by atoms with Gasteiger partial charge in [0.05, 0.1) is 5.37 Å². The highest BCUT2D eigenvalue weighted by atomic mass is 32.2. The quantitative estimate of drug-likeness (QED) is 0.932. The SMILES string of the molecule is Cc1ccc(F)cc1C(=O)N1C(C(=O)O)CSC1C1CC1. The van der Waals surface area contributed by atoms with E-state index in [0.29, 0.717) is 17.2 Å². The number of hydrogen-bond acceptors (Lipinski definition) is 3. The highest BCUT2D eigenvalue weighted by Gasteiger charge is 2.48. The fourth-order valence-corrected chi connectivity index (χ4v) is 4.31. The molecule has 2 aliphatic rings. The standard InChI is InChI=1S/C15H16FNO3S/c1-8-2-5-10(16)6-11(8)13(18)17-12(15(19)20)7-21-14(17)9-3-4-9/h2,5-6,9,12,14H,3-4,7H2,1H3,(H,19,20). The molecule has 2 unspecified atom stereocenters. The van der Waals surface area contributed by atoms with Crippen LogP contribution in [0, 0.1) is 18.7 Å². The lowest BCUT2D eigenvalue weighted by atomic mass is 10.1. The lowest BCUT2D eigenvalue weighted by molar-refractivity contribution is -0.141. The molecule has 1 aromatic carbocycles. The van der Waals surface area contributed by atoms with Gasteiger partial charge in [0.25, 0.3) is 5.91 Å². The Bertz CT molecular complexity index is 603. The molecule has 1 aromatic rings. The lowest BCUT2D eigenvalue weighted by Crippen LogP contribution is -2.46. The van der Waals surface area contributed by atoms with Crippen LogP contribution in [0.3, 0.4) is 0 Å². The highest BCUT2D eigenvalue weighted by Crippen LogP contribution is 2.46. The maximum absolute atomic E-state index is 13.4. The third-order valence-electron chi connectivity index (χ3n) is 4.01. The summed E-state index contributed by atoms with van der Waals surface area (Å²) in [7, 11) is 0. The Labute approximate surface area is 126 Å². The number of aliphatic carboxylic acids is 1. The Morgan fingerprint density at radius 3 is 2.71 bits per heavy atom. The second-order valence-corrected chi connectivity index (χ2v) is 6.74. The van der Waals surface area contributed by atoms with E-state index in [4.69, 9.17) is 0 Å². The summed E-state index contributed by atoms with van der Waals surface area (Å²) in [5.41, 5.74) is 0.923. The molecule has 1 aliphatic heterocycles. The van der Waals surface area contributed by atoms with Crippen molar-refractivity contribution in [2.45, 2.75) is 31.2 Å². The van der Waals surface area contributed by atoms with Crippen LogP contribution in [0.4, 0.5) is 4.39 Å². The van der Waals surface area contributed by atoms with E-state index in [1.807, 2.05) is 0 Å². The molecule has 2 atom stereocenters. The molecule has 112 valence electrons. The van der Waals surface area contributed by atoms with Crippen LogP contribution in [0.25, 0.3) is 0 Å². The number of carboxylic acid groups (broad SMARTS) is 1. The lowest BCUT2D eigenvalue weighted by Gasteiger charge is -2.28. The number of rotatable bonds is 3. The van der Waals surface area contributed by atoms with E-state index in [1.165, 1.54) is 28.8 Å². The van der Waals surface area contributed by atoms with Crippen molar-refractivity contribution in [3.63, 3.8) is 0 Å². The zero-order valence-electron chi connectivity index (χ0n) is 11.6. The smallest absolute Gasteiger partial charge is 0.327 e. The van der Waals surface area contributed by atoms with Crippen LogP contribution in [-0.2, 0) is 4.79 Å². The second-order valence-electron chi connectivity index (χ2n) is 5.59. The average Bonchev–Trinajstić information content (AvgIpc) is 3.19. The van der Waals surface area contributed by atoms with E-state index in [1.54, 1.807) is 13.0 Å². The molecule has 0 radical (unpaired) electrons. The first kappa shape index (κ1) is 14.4. The zero-order valence-corrected chi connectivity index (χ0v) is 12.4. The van der Waals surface area contributed by atoms with E-state index >= 15 is 0 Å². The van der Waals surface area contributed by atoms with Crippen molar-refractivity contribution < 1.29 is 19.1 Å². The van der Waals surface area contributed by atoms with Gasteiger partial charge in [-0.25, -0.2) is 9.18 Å². The molecule has 1 N–H and O–H groups in total. The normalized spacial score (nSPS) is 25.1. The minimum absolute atomic E-state index is 0.0960. The summed E-state index contributed by atoms with van der Waals surface area (Å²) in [6.45, 7) is 1.73. The summed E-state index contributed by atoms with van der Waals surface area (Å²) in [5.74, 6) is -1.08. The molecule has 0 spiro atoms. The largest absolute Gasteiger partial charge is 0.480 e. The van der Waals surface area contributed by atoms with Crippen LogP contribution in [-0.4, -0.2) is 39.1 Å². The minimum atomic E-state index is -0.993. The molecule has 1 heterocycles. The number of carbonyl (C=O) groups excluding carboxylic acids is 1. The topological polar surface area (TPSA) is 57.6 Å². The summed E-state index contributed by atoms with van der Waals surface area (Å²) in [6, 6.07) is 3.23. The van der Waals surface area contributed by atoms with Crippen molar-refractivity contribution >= 4 is 23.6 Å². The number of benzene rings is 1. The number of carboxylic acids is 1. The molecule has 3 rings (SSSR count). The van der Waals surface area contributed by atoms with Crippen LogP contribution in [0.1, 0.15) is 28.8 Å². The average molecular weight is 309 g/mol. The molecule has 6 heteroatoms. The van der Waals surface area contributed by atoms with Crippen LogP contribution in [0.5, 0.6) is 0 Å². The van der Waals surface area contributed by atoms with Gasteiger partial charge < -0.3 is 10.0 Å². The Morgan fingerprint density at radius 2 is 2.10 bits per heavy atom. The van der Waals surface area contributed by atoms with E-state index in [2.05, 4.69) is 0 Å². The number of amides is 1. The van der Waals surface area contributed by atoms with Gasteiger partial charge in [0, 0.05) is 11.3 Å². The summed E-state index contributed by atoms with van der Waals surface area (Å²) in [5, 5.41) is 9.25. The molecule has 0 bridgehead atoms. The number of hydrogen-bond donors (Lipinski definition) is 1. The van der Waals surface area contributed by atoms with Gasteiger partial charge in [-0.3, -0.25) is 4.79 Å². The minimum Gasteiger partial charge on any atom is -0.480 e. The third-order valence-corrected chi connectivity index (χ3v) is 5.47. The zero-order chi connectivity index (χ0) is 15.1. The highest BCUT2D eigenvalue weighted by molar-refractivity contribution is 8.00. The molecule has 1 saturated carbocycles. The second kappa shape index (κ2) is 5.33. The van der Waals surface area contributed by atoms with Gasteiger partial charge >= 0.3 is 5.97 Å². The Kier molecular flexibility index (Phi) is 3.65. The van der Waals surface area contributed by atoms with Gasteiger partial charge in [-0.15, -0.1) is 11.8 Å². The van der Waals surface area contributed by atoms with E-state index in [0.717, 1.165) is 12.8 Å². The predicted molar refractivity (Wildman–Crippen MR) is 77.7 cm³/mol. The van der Waals surface area contributed by atoms with Gasteiger partial charge in [0.2, 0.25) is 0 Å². The van der Waals surface area contributed by atoms with Crippen molar-refractivity contribution in [3.8, 4) is 0 Å². The number of nitrogens with zero attached hydrogens (tertiary/aromatic N) is 1. The van der Waals surface area contributed by atoms with Gasteiger partial charge in [0.15, 0.2) is 0 Å². The molecule has 1 aliphatic carbocycles. The van der Waals surface area contributed by atoms with Gasteiger partial charge in [-0.05, 0) is 43.4 Å². The maximum atomic E-state index is 13.4.